The molecule has 2 aromatic rings. The van der Waals surface area contributed by atoms with Crippen LogP contribution in [0, 0.1) is 17.1 Å². The topological polar surface area (TPSA) is 53.2 Å². The zero-order chi connectivity index (χ0) is 20.0. The number of benzene rings is 2. The van der Waals surface area contributed by atoms with Crippen LogP contribution in [0.2, 0.25) is 0 Å². The van der Waals surface area contributed by atoms with Crippen molar-refractivity contribution in [2.45, 2.75) is 26.9 Å². The van der Waals surface area contributed by atoms with Gasteiger partial charge in [0.05, 0.1) is 24.3 Å². The van der Waals surface area contributed by atoms with Gasteiger partial charge < -0.3 is 9.84 Å². The number of halogens is 1. The van der Waals surface area contributed by atoms with E-state index in [9.17, 15) is 5.11 Å². The van der Waals surface area contributed by atoms with Crippen LogP contribution in [-0.4, -0.2) is 12.2 Å². The number of aliphatic hydroxyl groups excluding tert-OH is 1. The molecule has 5 heteroatoms. The molecule has 0 saturated heterocycles. The summed E-state index contributed by atoms with van der Waals surface area (Å²) in [6.45, 7) is 5.66. The van der Waals surface area contributed by atoms with E-state index in [1.165, 1.54) is 24.9 Å². The SMILES string of the molecule is C/C=C(/C)S/C(=C\C)[C@H](O)c1ccc(OC)c(-c2cccc(C#N)c2)c1F. The molecule has 140 valence electrons. The third kappa shape index (κ3) is 4.60. The Bertz CT molecular complexity index is 928. The fourth-order valence-electron chi connectivity index (χ4n) is 2.64. The van der Waals surface area contributed by atoms with E-state index in [0.29, 0.717) is 21.8 Å². The molecule has 0 aliphatic heterocycles. The van der Waals surface area contributed by atoms with Gasteiger partial charge in [-0.25, -0.2) is 4.39 Å². The average molecular weight is 383 g/mol. The predicted molar refractivity (Wildman–Crippen MR) is 109 cm³/mol. The summed E-state index contributed by atoms with van der Waals surface area (Å²) in [5.41, 5.74) is 1.34. The average Bonchev–Trinajstić information content (AvgIpc) is 2.70. The highest BCUT2D eigenvalue weighted by atomic mass is 32.2. The third-order valence-corrected chi connectivity index (χ3v) is 5.42. The van der Waals surface area contributed by atoms with Crippen molar-refractivity contribution in [2.24, 2.45) is 0 Å². The number of hydrogen-bond donors (Lipinski definition) is 1. The molecule has 0 saturated carbocycles. The van der Waals surface area contributed by atoms with Crippen molar-refractivity contribution < 1.29 is 14.2 Å². The van der Waals surface area contributed by atoms with Crippen LogP contribution in [-0.2, 0) is 0 Å². The van der Waals surface area contributed by atoms with E-state index in [1.54, 1.807) is 36.4 Å². The number of hydrogen-bond acceptors (Lipinski definition) is 4. The molecule has 0 amide bonds. The van der Waals surface area contributed by atoms with Crippen LogP contribution in [0.1, 0.15) is 38.0 Å². The minimum absolute atomic E-state index is 0.165. The van der Waals surface area contributed by atoms with E-state index >= 15 is 4.39 Å². The van der Waals surface area contributed by atoms with Crippen LogP contribution >= 0.6 is 11.8 Å². The first-order chi connectivity index (χ1) is 13.0. The maximum atomic E-state index is 15.4. The first kappa shape index (κ1) is 20.8. The highest BCUT2D eigenvalue weighted by Gasteiger charge is 2.23. The van der Waals surface area contributed by atoms with E-state index in [0.717, 1.165) is 4.91 Å². The van der Waals surface area contributed by atoms with E-state index < -0.39 is 11.9 Å². The predicted octanol–water partition coefficient (Wildman–Crippen LogP) is 5.97. The number of allylic oxidation sites excluding steroid dienone is 3. The number of methoxy groups -OCH3 is 1. The first-order valence-electron chi connectivity index (χ1n) is 8.48. The van der Waals surface area contributed by atoms with Crippen LogP contribution in [0.3, 0.4) is 0 Å². The number of ether oxygens (including phenoxy) is 1. The molecule has 1 atom stereocenters. The first-order valence-corrected chi connectivity index (χ1v) is 9.30. The summed E-state index contributed by atoms with van der Waals surface area (Å²) in [5.74, 6) is -0.215. The van der Waals surface area contributed by atoms with Crippen molar-refractivity contribution in [3.63, 3.8) is 0 Å². The summed E-state index contributed by atoms with van der Waals surface area (Å²) in [6, 6.07) is 11.9. The standard InChI is InChI=1S/C22H22FNO2S/c1-5-14(3)27-19(6-2)22(25)17-10-11-18(26-4)20(21(17)23)16-9-7-8-15(12-16)13-24/h5-12,22,25H,1-4H3/b14-5-,19-6-/t22-/m1/s1. The molecule has 3 nitrogen and oxygen atoms in total. The number of thioether (sulfide) groups is 1. The zero-order valence-corrected chi connectivity index (χ0v) is 16.6. The van der Waals surface area contributed by atoms with Crippen LogP contribution < -0.4 is 4.74 Å². The Balaban J connectivity index is 2.59. The number of aliphatic hydroxyl groups is 1. The molecule has 2 aromatic carbocycles. The van der Waals surface area contributed by atoms with Gasteiger partial charge in [-0.3, -0.25) is 0 Å². The van der Waals surface area contributed by atoms with Gasteiger partial charge >= 0.3 is 0 Å². The summed E-state index contributed by atoms with van der Waals surface area (Å²) in [5, 5.41) is 19.9. The van der Waals surface area contributed by atoms with Crippen LogP contribution in [0.25, 0.3) is 11.1 Å². The zero-order valence-electron chi connectivity index (χ0n) is 15.8. The highest BCUT2D eigenvalue weighted by molar-refractivity contribution is 8.06. The molecule has 0 bridgehead atoms. The van der Waals surface area contributed by atoms with Gasteiger partial charge in [0.15, 0.2) is 0 Å². The smallest absolute Gasteiger partial charge is 0.140 e. The summed E-state index contributed by atoms with van der Waals surface area (Å²) in [7, 11) is 1.46. The summed E-state index contributed by atoms with van der Waals surface area (Å²) in [6.07, 6.45) is 2.62. The Morgan fingerprint density at radius 1 is 1.26 bits per heavy atom. The molecule has 1 N–H and O–H groups in total. The van der Waals surface area contributed by atoms with Gasteiger partial charge in [-0.05, 0) is 55.5 Å². The molecule has 0 aromatic heterocycles. The second kappa shape index (κ2) is 9.40. The van der Waals surface area contributed by atoms with Gasteiger partial charge in [0, 0.05) is 10.5 Å². The van der Waals surface area contributed by atoms with Crippen molar-refractivity contribution in [3.8, 4) is 22.9 Å². The Labute approximate surface area is 163 Å². The second-order valence-electron chi connectivity index (χ2n) is 5.83. The Morgan fingerprint density at radius 3 is 2.59 bits per heavy atom. The van der Waals surface area contributed by atoms with Crippen molar-refractivity contribution in [1.29, 1.82) is 5.26 Å². The molecule has 0 heterocycles. The lowest BCUT2D eigenvalue weighted by atomic mass is 9.97. The van der Waals surface area contributed by atoms with Gasteiger partial charge in [0.25, 0.3) is 0 Å². The Morgan fingerprint density at radius 2 is 2.00 bits per heavy atom. The van der Waals surface area contributed by atoms with Crippen molar-refractivity contribution in [3.05, 3.63) is 75.3 Å². The molecular formula is C22H22FNO2S. The van der Waals surface area contributed by atoms with E-state index in [2.05, 4.69) is 6.07 Å². The van der Waals surface area contributed by atoms with Gasteiger partial charge in [-0.1, -0.05) is 36.0 Å². The fourth-order valence-corrected chi connectivity index (χ4v) is 3.49. The Hall–Kier alpha value is -2.55. The minimum Gasteiger partial charge on any atom is -0.496 e. The van der Waals surface area contributed by atoms with E-state index in [1.807, 2.05) is 26.8 Å². The lowest BCUT2D eigenvalue weighted by Gasteiger charge is -2.19. The van der Waals surface area contributed by atoms with E-state index in [4.69, 9.17) is 10.00 Å². The maximum absolute atomic E-state index is 15.4. The molecule has 0 radical (unpaired) electrons. The molecule has 0 fully saturated rings. The largest absolute Gasteiger partial charge is 0.496 e. The van der Waals surface area contributed by atoms with Crippen molar-refractivity contribution in [1.82, 2.24) is 0 Å². The number of rotatable bonds is 6. The Kier molecular flexibility index (Phi) is 7.23. The molecule has 0 unspecified atom stereocenters. The highest BCUT2D eigenvalue weighted by Crippen LogP contribution is 2.41. The second-order valence-corrected chi connectivity index (χ2v) is 7.15. The van der Waals surface area contributed by atoms with Crippen molar-refractivity contribution >= 4 is 11.8 Å². The third-order valence-electron chi connectivity index (χ3n) is 4.17. The lowest BCUT2D eigenvalue weighted by molar-refractivity contribution is 0.219. The maximum Gasteiger partial charge on any atom is 0.140 e. The fraction of sp³-hybridized carbons (Fsp3) is 0.227. The summed E-state index contributed by atoms with van der Waals surface area (Å²) < 4.78 is 20.8. The normalized spacial score (nSPS) is 13.2. The van der Waals surface area contributed by atoms with Crippen molar-refractivity contribution in [2.75, 3.05) is 7.11 Å². The van der Waals surface area contributed by atoms with Gasteiger partial charge in [0.2, 0.25) is 0 Å². The molecule has 0 aliphatic carbocycles. The minimum atomic E-state index is -1.10. The molecule has 2 rings (SSSR count). The van der Waals surface area contributed by atoms with Gasteiger partial charge in [-0.2, -0.15) is 5.26 Å². The molecule has 0 aliphatic rings. The summed E-state index contributed by atoms with van der Waals surface area (Å²) >= 11 is 1.41. The van der Waals surface area contributed by atoms with Gasteiger partial charge in [0.1, 0.15) is 17.7 Å². The number of nitrogens with zero attached hydrogens (tertiary/aromatic N) is 1. The van der Waals surface area contributed by atoms with Crippen LogP contribution in [0.4, 0.5) is 4.39 Å². The summed E-state index contributed by atoms with van der Waals surface area (Å²) in [4.78, 5) is 1.66. The van der Waals surface area contributed by atoms with E-state index in [-0.39, 0.29) is 11.1 Å². The quantitative estimate of drug-likeness (QED) is 0.668. The molecule has 27 heavy (non-hydrogen) atoms. The monoisotopic (exact) mass is 383 g/mol. The molecule has 0 spiro atoms. The van der Waals surface area contributed by atoms with Crippen LogP contribution in [0.5, 0.6) is 5.75 Å². The number of nitriles is 1. The van der Waals surface area contributed by atoms with Crippen LogP contribution in [0.15, 0.2) is 58.4 Å². The molecular weight excluding hydrogens is 361 g/mol. The lowest BCUT2D eigenvalue weighted by Crippen LogP contribution is -2.05. The van der Waals surface area contributed by atoms with Gasteiger partial charge in [-0.15, -0.1) is 0 Å².